The fraction of sp³-hybridized carbons (Fsp3) is 0.800. The molecule has 1 aromatic heterocycles. The predicted octanol–water partition coefficient (Wildman–Crippen LogP) is 4.63. The van der Waals surface area contributed by atoms with Crippen LogP contribution in [-0.2, 0) is 0 Å². The molecule has 0 aliphatic carbocycles. The summed E-state index contributed by atoms with van der Waals surface area (Å²) in [6.45, 7) is 12.2. The average molecular weight is 268 g/mol. The molecule has 0 aromatic carbocycles. The van der Waals surface area contributed by atoms with Gasteiger partial charge in [-0.2, -0.15) is 0 Å². The van der Waals surface area contributed by atoms with Crippen LogP contribution in [0.2, 0.25) is 0 Å². The predicted molar refractivity (Wildman–Crippen MR) is 81.3 cm³/mol. The van der Waals surface area contributed by atoms with Crippen molar-refractivity contribution >= 4 is 11.3 Å². The van der Waals surface area contributed by atoms with E-state index in [0.29, 0.717) is 6.04 Å². The largest absolute Gasteiger partial charge is 0.309 e. The third kappa shape index (κ3) is 4.69. The van der Waals surface area contributed by atoms with E-state index in [1.165, 1.54) is 41.3 Å². The highest BCUT2D eigenvalue weighted by Gasteiger charge is 2.19. The van der Waals surface area contributed by atoms with E-state index in [1.807, 2.05) is 11.3 Å². The molecular formula is C15H28N2S. The van der Waals surface area contributed by atoms with Gasteiger partial charge in [0.05, 0.1) is 10.7 Å². The van der Waals surface area contributed by atoms with Gasteiger partial charge in [0.25, 0.3) is 0 Å². The Morgan fingerprint density at radius 1 is 1.22 bits per heavy atom. The second kappa shape index (κ2) is 7.90. The van der Waals surface area contributed by atoms with Crippen LogP contribution in [0.15, 0.2) is 0 Å². The zero-order valence-electron chi connectivity index (χ0n) is 12.5. The normalized spacial score (nSPS) is 14.7. The van der Waals surface area contributed by atoms with E-state index in [4.69, 9.17) is 0 Å². The van der Waals surface area contributed by atoms with Gasteiger partial charge in [0, 0.05) is 10.9 Å². The molecule has 2 nitrogen and oxygen atoms in total. The van der Waals surface area contributed by atoms with Crippen molar-refractivity contribution in [3.63, 3.8) is 0 Å². The van der Waals surface area contributed by atoms with Crippen LogP contribution < -0.4 is 5.32 Å². The van der Waals surface area contributed by atoms with Gasteiger partial charge < -0.3 is 5.32 Å². The van der Waals surface area contributed by atoms with Crippen molar-refractivity contribution in [2.75, 3.05) is 6.54 Å². The molecule has 0 saturated carbocycles. The summed E-state index contributed by atoms with van der Waals surface area (Å²) in [6, 6.07) is 0.498. The Hall–Kier alpha value is -0.410. The molecule has 0 spiro atoms. The van der Waals surface area contributed by atoms with Gasteiger partial charge in [0.2, 0.25) is 0 Å². The summed E-state index contributed by atoms with van der Waals surface area (Å²) in [5.41, 5.74) is 1.22. The van der Waals surface area contributed by atoms with E-state index in [2.05, 4.69) is 44.9 Å². The Bertz CT molecular complexity index is 346. The quantitative estimate of drug-likeness (QED) is 0.743. The molecule has 1 aromatic rings. The summed E-state index contributed by atoms with van der Waals surface area (Å²) in [6.07, 6.45) is 5.02. The standard InChI is InChI=1S/C15H28N2S/c1-6-8-11(3)10-14(16-9-7-2)15-12(4)17-13(5)18-15/h11,14,16H,6-10H2,1-5H3. The minimum absolute atomic E-state index is 0.498. The Morgan fingerprint density at radius 3 is 2.44 bits per heavy atom. The highest BCUT2D eigenvalue weighted by molar-refractivity contribution is 7.11. The summed E-state index contributed by atoms with van der Waals surface area (Å²) in [5.74, 6) is 0.783. The highest BCUT2D eigenvalue weighted by atomic mass is 32.1. The van der Waals surface area contributed by atoms with Crippen molar-refractivity contribution in [3.8, 4) is 0 Å². The first-order valence-electron chi connectivity index (χ1n) is 7.25. The zero-order chi connectivity index (χ0) is 13.5. The highest BCUT2D eigenvalue weighted by Crippen LogP contribution is 2.30. The first-order chi connectivity index (χ1) is 8.58. The first-order valence-corrected chi connectivity index (χ1v) is 8.07. The maximum Gasteiger partial charge on any atom is 0.0900 e. The summed E-state index contributed by atoms with van der Waals surface area (Å²) in [4.78, 5) is 6.02. The molecule has 2 atom stereocenters. The van der Waals surface area contributed by atoms with Crippen LogP contribution in [-0.4, -0.2) is 11.5 Å². The molecule has 18 heavy (non-hydrogen) atoms. The molecule has 1 rings (SSSR count). The van der Waals surface area contributed by atoms with E-state index in [9.17, 15) is 0 Å². The number of thiazole rings is 1. The molecule has 1 N–H and O–H groups in total. The van der Waals surface area contributed by atoms with Gasteiger partial charge >= 0.3 is 0 Å². The van der Waals surface area contributed by atoms with Crippen LogP contribution in [0.4, 0.5) is 0 Å². The molecule has 0 radical (unpaired) electrons. The van der Waals surface area contributed by atoms with Crippen LogP contribution in [0.25, 0.3) is 0 Å². The van der Waals surface area contributed by atoms with Gasteiger partial charge in [0.1, 0.15) is 0 Å². The van der Waals surface area contributed by atoms with Crippen LogP contribution >= 0.6 is 11.3 Å². The fourth-order valence-electron chi connectivity index (χ4n) is 2.49. The van der Waals surface area contributed by atoms with Gasteiger partial charge in [-0.25, -0.2) is 4.98 Å². The molecule has 0 fully saturated rings. The van der Waals surface area contributed by atoms with Crippen LogP contribution in [0.3, 0.4) is 0 Å². The van der Waals surface area contributed by atoms with Crippen molar-refractivity contribution in [3.05, 3.63) is 15.6 Å². The van der Waals surface area contributed by atoms with Crippen molar-refractivity contribution in [1.82, 2.24) is 10.3 Å². The van der Waals surface area contributed by atoms with Gasteiger partial charge in [-0.3, -0.25) is 0 Å². The lowest BCUT2D eigenvalue weighted by molar-refractivity contribution is 0.392. The first kappa shape index (κ1) is 15.6. The Labute approximate surface area is 116 Å². The summed E-state index contributed by atoms with van der Waals surface area (Å²) in [7, 11) is 0. The average Bonchev–Trinajstić information content (AvgIpc) is 2.64. The third-order valence-electron chi connectivity index (χ3n) is 3.32. The van der Waals surface area contributed by atoms with Gasteiger partial charge in [-0.15, -0.1) is 11.3 Å². The molecule has 0 saturated heterocycles. The topological polar surface area (TPSA) is 24.9 Å². The minimum Gasteiger partial charge on any atom is -0.309 e. The summed E-state index contributed by atoms with van der Waals surface area (Å²) < 4.78 is 0. The molecule has 104 valence electrons. The van der Waals surface area contributed by atoms with Crippen molar-refractivity contribution in [1.29, 1.82) is 0 Å². The lowest BCUT2D eigenvalue weighted by Crippen LogP contribution is -2.24. The molecule has 0 aliphatic rings. The van der Waals surface area contributed by atoms with Crippen LogP contribution in [0.5, 0.6) is 0 Å². The molecule has 1 heterocycles. The van der Waals surface area contributed by atoms with Gasteiger partial charge in [0.15, 0.2) is 0 Å². The van der Waals surface area contributed by atoms with Crippen LogP contribution in [0.1, 0.15) is 68.1 Å². The second-order valence-electron chi connectivity index (χ2n) is 5.32. The monoisotopic (exact) mass is 268 g/mol. The van der Waals surface area contributed by atoms with Crippen molar-refractivity contribution < 1.29 is 0 Å². The smallest absolute Gasteiger partial charge is 0.0900 e. The Kier molecular flexibility index (Phi) is 6.87. The van der Waals surface area contributed by atoms with E-state index >= 15 is 0 Å². The number of nitrogens with one attached hydrogen (secondary N) is 1. The lowest BCUT2D eigenvalue weighted by atomic mass is 9.96. The summed E-state index contributed by atoms with van der Waals surface area (Å²) >= 11 is 1.86. The van der Waals surface area contributed by atoms with Gasteiger partial charge in [-0.05, 0) is 39.2 Å². The van der Waals surface area contributed by atoms with E-state index in [1.54, 1.807) is 0 Å². The number of hydrogen-bond acceptors (Lipinski definition) is 3. The zero-order valence-corrected chi connectivity index (χ0v) is 13.4. The number of rotatable bonds is 8. The molecule has 0 aliphatic heterocycles. The minimum atomic E-state index is 0.498. The number of aromatic nitrogens is 1. The second-order valence-corrected chi connectivity index (χ2v) is 6.55. The van der Waals surface area contributed by atoms with E-state index in [0.717, 1.165) is 12.5 Å². The van der Waals surface area contributed by atoms with E-state index in [-0.39, 0.29) is 0 Å². The number of nitrogens with zero attached hydrogens (tertiary/aromatic N) is 1. The molecule has 0 amide bonds. The lowest BCUT2D eigenvalue weighted by Gasteiger charge is -2.21. The summed E-state index contributed by atoms with van der Waals surface area (Å²) in [5, 5.41) is 4.89. The number of aryl methyl sites for hydroxylation is 2. The SMILES string of the molecule is CCCNC(CC(C)CCC)c1sc(C)nc1C. The number of hydrogen-bond donors (Lipinski definition) is 1. The maximum atomic E-state index is 4.57. The molecular weight excluding hydrogens is 240 g/mol. The molecule has 2 unspecified atom stereocenters. The fourth-order valence-corrected chi connectivity index (χ4v) is 3.50. The van der Waals surface area contributed by atoms with Crippen molar-refractivity contribution in [2.45, 2.75) is 66.3 Å². The molecule has 3 heteroatoms. The van der Waals surface area contributed by atoms with E-state index < -0.39 is 0 Å². The van der Waals surface area contributed by atoms with Crippen molar-refractivity contribution in [2.24, 2.45) is 5.92 Å². The van der Waals surface area contributed by atoms with Crippen LogP contribution in [0, 0.1) is 19.8 Å². The Balaban J connectivity index is 2.74. The molecule has 0 bridgehead atoms. The Morgan fingerprint density at radius 2 is 1.94 bits per heavy atom. The van der Waals surface area contributed by atoms with Gasteiger partial charge in [-0.1, -0.05) is 33.6 Å². The maximum absolute atomic E-state index is 4.57. The third-order valence-corrected chi connectivity index (χ3v) is 4.50.